The molecule has 0 atom stereocenters. The van der Waals surface area contributed by atoms with Crippen LogP contribution in [-0.4, -0.2) is 11.8 Å². The maximum absolute atomic E-state index is 13.2. The lowest BCUT2D eigenvalue weighted by molar-refractivity contribution is -0.111. The van der Waals surface area contributed by atoms with Crippen molar-refractivity contribution in [1.82, 2.24) is 0 Å². The average molecular weight is 429 g/mol. The van der Waals surface area contributed by atoms with Crippen LogP contribution in [0.1, 0.15) is 15.9 Å². The van der Waals surface area contributed by atoms with Crippen molar-refractivity contribution in [3.05, 3.63) is 99.8 Å². The fourth-order valence-electron chi connectivity index (χ4n) is 2.47. The van der Waals surface area contributed by atoms with Crippen molar-refractivity contribution >= 4 is 52.5 Å². The zero-order chi connectivity index (χ0) is 20.8. The summed E-state index contributed by atoms with van der Waals surface area (Å²) < 4.78 is 13.2. The van der Waals surface area contributed by atoms with Gasteiger partial charge < -0.3 is 10.6 Å². The summed E-state index contributed by atoms with van der Waals surface area (Å²) in [6.07, 6.45) is 2.96. The van der Waals surface area contributed by atoms with Crippen molar-refractivity contribution in [2.24, 2.45) is 0 Å². The van der Waals surface area contributed by atoms with Crippen LogP contribution in [0.2, 0.25) is 10.0 Å². The van der Waals surface area contributed by atoms with Gasteiger partial charge in [-0.2, -0.15) is 0 Å². The van der Waals surface area contributed by atoms with Crippen LogP contribution in [0.15, 0.2) is 72.8 Å². The Hall–Kier alpha value is -3.15. The first-order valence-electron chi connectivity index (χ1n) is 8.52. The first-order chi connectivity index (χ1) is 13.9. The number of hydrogen-bond donors (Lipinski definition) is 2. The molecule has 146 valence electrons. The minimum absolute atomic E-state index is 0.0888. The Balaban J connectivity index is 1.67. The van der Waals surface area contributed by atoms with Gasteiger partial charge in [-0.3, -0.25) is 9.59 Å². The summed E-state index contributed by atoms with van der Waals surface area (Å²) >= 11 is 11.8. The summed E-state index contributed by atoms with van der Waals surface area (Å²) in [7, 11) is 0. The number of carbonyl (C=O) groups is 2. The maximum atomic E-state index is 13.2. The molecule has 0 spiro atoms. The van der Waals surface area contributed by atoms with E-state index in [-0.39, 0.29) is 10.9 Å². The van der Waals surface area contributed by atoms with Crippen molar-refractivity contribution in [1.29, 1.82) is 0 Å². The average Bonchev–Trinajstić information content (AvgIpc) is 2.70. The molecular formula is C22H15Cl2FN2O2. The lowest BCUT2D eigenvalue weighted by Crippen LogP contribution is -2.13. The third kappa shape index (κ3) is 5.67. The van der Waals surface area contributed by atoms with Crippen LogP contribution in [0.25, 0.3) is 6.08 Å². The van der Waals surface area contributed by atoms with Crippen molar-refractivity contribution < 1.29 is 14.0 Å². The van der Waals surface area contributed by atoms with Gasteiger partial charge in [0.2, 0.25) is 5.91 Å². The van der Waals surface area contributed by atoms with Gasteiger partial charge in [0.1, 0.15) is 5.82 Å². The van der Waals surface area contributed by atoms with E-state index in [4.69, 9.17) is 23.2 Å². The lowest BCUT2D eigenvalue weighted by atomic mass is 10.1. The van der Waals surface area contributed by atoms with Crippen LogP contribution in [0, 0.1) is 5.82 Å². The second-order valence-corrected chi connectivity index (χ2v) is 6.82. The quantitative estimate of drug-likeness (QED) is 0.486. The summed E-state index contributed by atoms with van der Waals surface area (Å²) in [6, 6.07) is 17.5. The van der Waals surface area contributed by atoms with Gasteiger partial charge in [0.25, 0.3) is 5.91 Å². The maximum Gasteiger partial charge on any atom is 0.255 e. The van der Waals surface area contributed by atoms with Gasteiger partial charge in [-0.1, -0.05) is 47.5 Å². The van der Waals surface area contributed by atoms with E-state index in [1.807, 2.05) is 6.07 Å². The predicted molar refractivity (Wildman–Crippen MR) is 115 cm³/mol. The van der Waals surface area contributed by atoms with Gasteiger partial charge in [0.05, 0.1) is 5.02 Å². The van der Waals surface area contributed by atoms with E-state index in [9.17, 15) is 14.0 Å². The van der Waals surface area contributed by atoms with Crippen LogP contribution in [0.4, 0.5) is 15.8 Å². The number of halogens is 3. The summed E-state index contributed by atoms with van der Waals surface area (Å²) in [6.45, 7) is 0. The SMILES string of the molecule is O=C(/C=C/c1ccccc1Cl)Nc1cccc(C(=O)Nc2ccc(F)c(Cl)c2)c1. The minimum Gasteiger partial charge on any atom is -0.322 e. The van der Waals surface area contributed by atoms with Crippen molar-refractivity contribution in [2.45, 2.75) is 0 Å². The number of anilines is 2. The summed E-state index contributed by atoms with van der Waals surface area (Å²) in [5.74, 6) is -1.36. The van der Waals surface area contributed by atoms with Gasteiger partial charge in [0.15, 0.2) is 0 Å². The van der Waals surface area contributed by atoms with Crippen LogP contribution in [-0.2, 0) is 4.79 Å². The standard InChI is InChI=1S/C22H15Cl2FN2O2/c23-18-7-2-1-4-14(18)8-11-21(28)26-16-6-3-5-15(12-16)22(29)27-17-9-10-20(25)19(24)13-17/h1-13H,(H,26,28)(H,27,29)/b11-8+. The Morgan fingerprint density at radius 1 is 0.828 bits per heavy atom. The smallest absolute Gasteiger partial charge is 0.255 e. The van der Waals surface area contributed by atoms with E-state index in [0.29, 0.717) is 22.0 Å². The largest absolute Gasteiger partial charge is 0.322 e. The summed E-state index contributed by atoms with van der Waals surface area (Å²) in [4.78, 5) is 24.6. The van der Waals surface area contributed by atoms with E-state index in [1.54, 1.807) is 42.5 Å². The molecule has 3 aromatic rings. The molecule has 0 aliphatic rings. The molecule has 0 aliphatic heterocycles. The number of benzene rings is 3. The highest BCUT2D eigenvalue weighted by Gasteiger charge is 2.09. The zero-order valence-electron chi connectivity index (χ0n) is 15.0. The second-order valence-electron chi connectivity index (χ2n) is 6.01. The highest BCUT2D eigenvalue weighted by Crippen LogP contribution is 2.21. The van der Waals surface area contributed by atoms with Crippen LogP contribution in [0.3, 0.4) is 0 Å². The van der Waals surface area contributed by atoms with Crippen molar-refractivity contribution in [3.8, 4) is 0 Å². The molecule has 3 rings (SSSR count). The second kappa shape index (κ2) is 9.37. The van der Waals surface area contributed by atoms with E-state index >= 15 is 0 Å². The molecule has 7 heteroatoms. The van der Waals surface area contributed by atoms with Gasteiger partial charge in [-0.05, 0) is 54.1 Å². The van der Waals surface area contributed by atoms with Crippen LogP contribution >= 0.6 is 23.2 Å². The Kier molecular flexibility index (Phi) is 6.65. The normalized spacial score (nSPS) is 10.7. The Labute approximate surface area is 177 Å². The molecule has 0 fully saturated rings. The highest BCUT2D eigenvalue weighted by atomic mass is 35.5. The molecule has 0 radical (unpaired) electrons. The Bertz CT molecular complexity index is 1100. The van der Waals surface area contributed by atoms with Gasteiger partial charge >= 0.3 is 0 Å². The van der Waals surface area contributed by atoms with Crippen LogP contribution < -0.4 is 10.6 Å². The molecule has 0 aromatic heterocycles. The van der Waals surface area contributed by atoms with Crippen molar-refractivity contribution in [2.75, 3.05) is 10.6 Å². The predicted octanol–water partition coefficient (Wildman–Crippen LogP) is 6.04. The number of hydrogen-bond acceptors (Lipinski definition) is 2. The summed E-state index contributed by atoms with van der Waals surface area (Å²) in [5, 5.41) is 5.77. The monoisotopic (exact) mass is 428 g/mol. The molecule has 0 bridgehead atoms. The number of amides is 2. The third-order valence-corrected chi connectivity index (χ3v) is 4.52. The first kappa shape index (κ1) is 20.6. The topological polar surface area (TPSA) is 58.2 Å². The van der Waals surface area contributed by atoms with E-state index in [1.165, 1.54) is 30.3 Å². The highest BCUT2D eigenvalue weighted by molar-refractivity contribution is 6.32. The first-order valence-corrected chi connectivity index (χ1v) is 9.28. The minimum atomic E-state index is -0.570. The molecule has 2 N–H and O–H groups in total. The molecule has 0 saturated carbocycles. The van der Waals surface area contributed by atoms with Crippen molar-refractivity contribution in [3.63, 3.8) is 0 Å². The number of nitrogens with one attached hydrogen (secondary N) is 2. The molecule has 3 aromatic carbocycles. The fraction of sp³-hybridized carbons (Fsp3) is 0. The van der Waals surface area contributed by atoms with Gasteiger partial charge in [-0.25, -0.2) is 4.39 Å². The molecule has 0 saturated heterocycles. The molecule has 2 amide bonds. The molecule has 0 unspecified atom stereocenters. The Morgan fingerprint density at radius 2 is 1.59 bits per heavy atom. The zero-order valence-corrected chi connectivity index (χ0v) is 16.5. The number of carbonyl (C=O) groups excluding carboxylic acids is 2. The fourth-order valence-corrected chi connectivity index (χ4v) is 2.85. The molecule has 0 heterocycles. The molecule has 29 heavy (non-hydrogen) atoms. The third-order valence-electron chi connectivity index (χ3n) is 3.89. The van der Waals surface area contributed by atoms with Crippen LogP contribution in [0.5, 0.6) is 0 Å². The molecule has 4 nitrogen and oxygen atoms in total. The van der Waals surface area contributed by atoms with E-state index in [0.717, 1.165) is 5.56 Å². The summed E-state index contributed by atoms with van der Waals surface area (Å²) in [5.41, 5.74) is 1.84. The van der Waals surface area contributed by atoms with Gasteiger partial charge in [0, 0.05) is 28.0 Å². The Morgan fingerprint density at radius 3 is 2.34 bits per heavy atom. The van der Waals surface area contributed by atoms with E-state index < -0.39 is 11.7 Å². The molecule has 0 aliphatic carbocycles. The molecular weight excluding hydrogens is 414 g/mol. The van der Waals surface area contributed by atoms with Gasteiger partial charge in [-0.15, -0.1) is 0 Å². The van der Waals surface area contributed by atoms with E-state index in [2.05, 4.69) is 10.6 Å². The lowest BCUT2D eigenvalue weighted by Gasteiger charge is -2.08. The number of rotatable bonds is 5.